The monoisotopic (exact) mass is 333 g/mol. The number of nitrogens with one attached hydrogen (secondary N) is 1. The molecule has 1 aliphatic rings. The Hall–Kier alpha value is -2.41. The lowest BCUT2D eigenvalue weighted by molar-refractivity contribution is -0.127. The molecule has 0 aromatic heterocycles. The van der Waals surface area contributed by atoms with E-state index in [0.717, 1.165) is 10.5 Å². The van der Waals surface area contributed by atoms with E-state index in [0.29, 0.717) is 18.8 Å². The van der Waals surface area contributed by atoms with Crippen LogP contribution in [0.1, 0.15) is 18.9 Å². The quantitative estimate of drug-likeness (QED) is 0.763. The van der Waals surface area contributed by atoms with Crippen LogP contribution in [0.15, 0.2) is 24.3 Å². The van der Waals surface area contributed by atoms with Gasteiger partial charge in [-0.15, -0.1) is 0 Å². The lowest BCUT2D eigenvalue weighted by Gasteiger charge is -2.20. The van der Waals surface area contributed by atoms with Gasteiger partial charge in [0.15, 0.2) is 0 Å². The third kappa shape index (κ3) is 3.73. The fourth-order valence-corrected chi connectivity index (χ4v) is 2.73. The maximum Gasteiger partial charge on any atom is 0.332 e. The van der Waals surface area contributed by atoms with Crippen LogP contribution in [0.25, 0.3) is 0 Å². The van der Waals surface area contributed by atoms with Crippen molar-refractivity contribution in [2.75, 3.05) is 31.7 Å². The smallest absolute Gasteiger partial charge is 0.332 e. The first-order valence-electron chi connectivity index (χ1n) is 7.96. The molecule has 130 valence electrons. The fraction of sp³-hybridized carbons (Fsp3) is 0.471. The summed E-state index contributed by atoms with van der Waals surface area (Å²) in [6.45, 7) is 4.73. The van der Waals surface area contributed by atoms with Crippen molar-refractivity contribution >= 4 is 23.5 Å². The SMILES string of the molecule is CCNC(=O)CC1C(=O)N(c2cccc(C)c2)C(=O)N1CCOC. The number of aryl methyl sites for hydroxylation is 1. The zero-order valence-electron chi connectivity index (χ0n) is 14.2. The van der Waals surface area contributed by atoms with Crippen molar-refractivity contribution in [1.82, 2.24) is 10.2 Å². The lowest BCUT2D eigenvalue weighted by Crippen LogP contribution is -2.41. The second-order valence-electron chi connectivity index (χ2n) is 5.65. The maximum absolute atomic E-state index is 12.8. The summed E-state index contributed by atoms with van der Waals surface area (Å²) in [7, 11) is 1.53. The molecule has 1 fully saturated rings. The van der Waals surface area contributed by atoms with Crippen LogP contribution in [0, 0.1) is 6.92 Å². The molecule has 7 nitrogen and oxygen atoms in total. The van der Waals surface area contributed by atoms with Crippen LogP contribution in [0.4, 0.5) is 10.5 Å². The normalized spacial score (nSPS) is 17.5. The van der Waals surface area contributed by atoms with Gasteiger partial charge in [0.05, 0.1) is 18.7 Å². The Bertz CT molecular complexity index is 632. The third-order valence-corrected chi connectivity index (χ3v) is 3.87. The van der Waals surface area contributed by atoms with Gasteiger partial charge in [0, 0.05) is 20.2 Å². The Morgan fingerprint density at radius 2 is 2.08 bits per heavy atom. The molecule has 1 aliphatic heterocycles. The molecule has 1 saturated heterocycles. The van der Waals surface area contributed by atoms with Gasteiger partial charge in [-0.1, -0.05) is 12.1 Å². The van der Waals surface area contributed by atoms with Crippen molar-refractivity contribution in [1.29, 1.82) is 0 Å². The predicted octanol–water partition coefficient (Wildman–Crippen LogP) is 1.30. The predicted molar refractivity (Wildman–Crippen MR) is 89.7 cm³/mol. The number of carbonyl (C=O) groups excluding carboxylic acids is 3. The van der Waals surface area contributed by atoms with Crippen molar-refractivity contribution in [3.05, 3.63) is 29.8 Å². The van der Waals surface area contributed by atoms with Crippen LogP contribution in [-0.4, -0.2) is 55.6 Å². The molecular formula is C17H23N3O4. The van der Waals surface area contributed by atoms with Crippen molar-refractivity contribution in [3.63, 3.8) is 0 Å². The molecule has 1 aromatic carbocycles. The average molecular weight is 333 g/mol. The highest BCUT2D eigenvalue weighted by Crippen LogP contribution is 2.27. The lowest BCUT2D eigenvalue weighted by atomic mass is 10.1. The number of nitrogens with zero attached hydrogens (tertiary/aromatic N) is 2. The molecule has 1 atom stereocenters. The zero-order valence-corrected chi connectivity index (χ0v) is 14.2. The number of carbonyl (C=O) groups is 3. The Labute approximate surface area is 141 Å². The molecule has 7 heteroatoms. The molecular weight excluding hydrogens is 310 g/mol. The summed E-state index contributed by atoms with van der Waals surface area (Å²) in [5.41, 5.74) is 1.47. The number of methoxy groups -OCH3 is 1. The number of amides is 4. The van der Waals surface area contributed by atoms with Crippen molar-refractivity contribution in [2.24, 2.45) is 0 Å². The van der Waals surface area contributed by atoms with Gasteiger partial charge in [0.2, 0.25) is 5.91 Å². The molecule has 1 unspecified atom stereocenters. The molecule has 0 saturated carbocycles. The number of imide groups is 1. The van der Waals surface area contributed by atoms with E-state index in [1.807, 2.05) is 13.0 Å². The highest BCUT2D eigenvalue weighted by Gasteiger charge is 2.46. The second kappa shape index (κ2) is 7.92. The van der Waals surface area contributed by atoms with Gasteiger partial charge in [-0.05, 0) is 31.5 Å². The van der Waals surface area contributed by atoms with E-state index < -0.39 is 12.1 Å². The fourth-order valence-electron chi connectivity index (χ4n) is 2.73. The highest BCUT2D eigenvalue weighted by molar-refractivity contribution is 6.22. The second-order valence-corrected chi connectivity index (χ2v) is 5.65. The summed E-state index contributed by atoms with van der Waals surface area (Å²) in [5, 5.41) is 2.67. The molecule has 1 aromatic rings. The summed E-state index contributed by atoms with van der Waals surface area (Å²) in [4.78, 5) is 40.0. The van der Waals surface area contributed by atoms with E-state index in [1.54, 1.807) is 25.1 Å². The van der Waals surface area contributed by atoms with Crippen molar-refractivity contribution in [3.8, 4) is 0 Å². The summed E-state index contributed by atoms with van der Waals surface area (Å²) < 4.78 is 5.02. The molecule has 0 spiro atoms. The van der Waals surface area contributed by atoms with Crippen molar-refractivity contribution < 1.29 is 19.1 Å². The first kappa shape index (κ1) is 17.9. The summed E-state index contributed by atoms with van der Waals surface area (Å²) >= 11 is 0. The maximum atomic E-state index is 12.8. The van der Waals surface area contributed by atoms with Gasteiger partial charge in [0.25, 0.3) is 5.91 Å². The standard InChI is InChI=1S/C17H23N3O4/c1-4-18-15(21)11-14-16(22)20(13-7-5-6-12(2)10-13)17(23)19(14)8-9-24-3/h5-7,10,14H,4,8-9,11H2,1-3H3,(H,18,21). The number of ether oxygens (including phenoxy) is 1. The van der Waals surface area contributed by atoms with E-state index >= 15 is 0 Å². The van der Waals surface area contributed by atoms with E-state index in [2.05, 4.69) is 5.32 Å². The van der Waals surface area contributed by atoms with Crippen LogP contribution >= 0.6 is 0 Å². The third-order valence-electron chi connectivity index (χ3n) is 3.87. The van der Waals surface area contributed by atoms with Gasteiger partial charge >= 0.3 is 6.03 Å². The molecule has 2 rings (SSSR count). The average Bonchev–Trinajstić information content (AvgIpc) is 2.76. The van der Waals surface area contributed by atoms with Gasteiger partial charge in [-0.3, -0.25) is 9.59 Å². The summed E-state index contributed by atoms with van der Waals surface area (Å²) in [5.74, 6) is -0.634. The Morgan fingerprint density at radius 3 is 2.71 bits per heavy atom. The highest BCUT2D eigenvalue weighted by atomic mass is 16.5. The van der Waals surface area contributed by atoms with Gasteiger partial charge in [-0.25, -0.2) is 9.69 Å². The van der Waals surface area contributed by atoms with Gasteiger partial charge in [0.1, 0.15) is 6.04 Å². The van der Waals surface area contributed by atoms with Crippen molar-refractivity contribution in [2.45, 2.75) is 26.3 Å². The molecule has 1 N–H and O–H groups in total. The summed E-state index contributed by atoms with van der Waals surface area (Å²) in [6, 6.07) is 5.95. The topological polar surface area (TPSA) is 79.0 Å². The Kier molecular flexibility index (Phi) is 5.92. The van der Waals surface area contributed by atoms with Gasteiger partial charge < -0.3 is 15.0 Å². The summed E-state index contributed by atoms with van der Waals surface area (Å²) in [6.07, 6.45) is -0.0511. The van der Waals surface area contributed by atoms with Crippen LogP contribution in [0.5, 0.6) is 0 Å². The van der Waals surface area contributed by atoms with E-state index in [-0.39, 0.29) is 24.8 Å². The van der Waals surface area contributed by atoms with Crippen LogP contribution in [0.2, 0.25) is 0 Å². The minimum atomic E-state index is -0.806. The number of rotatable bonds is 7. The first-order chi connectivity index (χ1) is 11.5. The van der Waals surface area contributed by atoms with Crippen LogP contribution < -0.4 is 10.2 Å². The van der Waals surface area contributed by atoms with Crippen LogP contribution in [-0.2, 0) is 14.3 Å². The molecule has 1 heterocycles. The molecule has 4 amide bonds. The number of hydrogen-bond acceptors (Lipinski definition) is 4. The number of anilines is 1. The number of benzene rings is 1. The van der Waals surface area contributed by atoms with Gasteiger partial charge in [-0.2, -0.15) is 0 Å². The van der Waals surface area contributed by atoms with E-state index in [9.17, 15) is 14.4 Å². The molecule has 0 bridgehead atoms. The minimum absolute atomic E-state index is 0.0511. The van der Waals surface area contributed by atoms with E-state index in [1.165, 1.54) is 12.0 Å². The minimum Gasteiger partial charge on any atom is -0.383 e. The number of urea groups is 1. The molecule has 24 heavy (non-hydrogen) atoms. The zero-order chi connectivity index (χ0) is 17.7. The largest absolute Gasteiger partial charge is 0.383 e. The first-order valence-corrected chi connectivity index (χ1v) is 7.96. The number of hydrogen-bond donors (Lipinski definition) is 1. The Morgan fingerprint density at radius 1 is 1.33 bits per heavy atom. The van der Waals surface area contributed by atoms with E-state index in [4.69, 9.17) is 4.74 Å². The van der Waals surface area contributed by atoms with Crippen LogP contribution in [0.3, 0.4) is 0 Å². The Balaban J connectivity index is 2.29. The molecule has 0 radical (unpaired) electrons. The molecule has 0 aliphatic carbocycles.